The molecule has 1 aromatic carbocycles. The zero-order chi connectivity index (χ0) is 14.7. The Balaban J connectivity index is 1.79. The Labute approximate surface area is 126 Å². The number of morpholine rings is 1. The normalized spacial score (nSPS) is 20.0. The Kier molecular flexibility index (Phi) is 4.46. The fourth-order valence-corrected chi connectivity index (χ4v) is 3.03. The number of rotatable bonds is 5. The highest BCUT2D eigenvalue weighted by Crippen LogP contribution is 2.27. The Bertz CT molecular complexity index is 593. The first-order valence-electron chi connectivity index (χ1n) is 7.86. The molecule has 0 radical (unpaired) electrons. The maximum Gasteiger partial charge on any atom is 0.128 e. The molecule has 21 heavy (non-hydrogen) atoms. The molecule has 0 N–H and O–H groups in total. The fraction of sp³-hybridized carbons (Fsp3) is 0.529. The van der Waals surface area contributed by atoms with Crippen molar-refractivity contribution in [3.63, 3.8) is 0 Å². The maximum absolute atomic E-state index is 5.92. The highest BCUT2D eigenvalue weighted by molar-refractivity contribution is 5.86. The molecule has 1 unspecified atom stereocenters. The number of likely N-dealkylation sites (N-methyl/N-ethyl adjacent to an activating group) is 1. The van der Waals surface area contributed by atoms with Gasteiger partial charge in [-0.2, -0.15) is 0 Å². The van der Waals surface area contributed by atoms with Crippen molar-refractivity contribution in [2.75, 3.05) is 32.8 Å². The third-order valence-corrected chi connectivity index (χ3v) is 4.14. The smallest absolute Gasteiger partial charge is 0.128 e. The molecule has 1 saturated heterocycles. The van der Waals surface area contributed by atoms with Gasteiger partial charge in [-0.05, 0) is 31.7 Å². The molecule has 1 atom stereocenters. The zero-order valence-corrected chi connectivity index (χ0v) is 12.9. The summed E-state index contributed by atoms with van der Waals surface area (Å²) in [5, 5.41) is 1.18. The van der Waals surface area contributed by atoms with E-state index in [1.165, 1.54) is 10.9 Å². The van der Waals surface area contributed by atoms with Crippen molar-refractivity contribution in [1.29, 1.82) is 0 Å². The van der Waals surface area contributed by atoms with Crippen molar-refractivity contribution < 1.29 is 9.47 Å². The molecule has 3 rings (SSSR count). The second-order valence-electron chi connectivity index (χ2n) is 5.48. The summed E-state index contributed by atoms with van der Waals surface area (Å²) in [4.78, 5) is 2.45. The van der Waals surface area contributed by atoms with Crippen molar-refractivity contribution in [1.82, 2.24) is 9.47 Å². The first-order valence-corrected chi connectivity index (χ1v) is 7.86. The van der Waals surface area contributed by atoms with E-state index in [4.69, 9.17) is 9.47 Å². The van der Waals surface area contributed by atoms with Gasteiger partial charge < -0.3 is 14.0 Å². The van der Waals surface area contributed by atoms with Crippen LogP contribution in [0.15, 0.2) is 30.5 Å². The highest BCUT2D eigenvalue weighted by atomic mass is 16.5. The number of nitrogens with zero attached hydrogens (tertiary/aromatic N) is 2. The number of hydrogen-bond donors (Lipinski definition) is 0. The molecule has 1 aliphatic heterocycles. The number of benzene rings is 1. The molecule has 0 bridgehead atoms. The Hall–Kier alpha value is -1.52. The van der Waals surface area contributed by atoms with E-state index in [0.717, 1.165) is 38.5 Å². The molecule has 1 aromatic heterocycles. The van der Waals surface area contributed by atoms with Crippen LogP contribution < -0.4 is 4.74 Å². The molecule has 0 aliphatic carbocycles. The van der Waals surface area contributed by atoms with Crippen LogP contribution in [0, 0.1) is 0 Å². The summed E-state index contributed by atoms with van der Waals surface area (Å²) in [7, 11) is 0. The summed E-state index contributed by atoms with van der Waals surface area (Å²) in [6.45, 7) is 9.82. The standard InChI is InChI=1S/C17H24N2O2/c1-3-18-10-11-21-14(12-18)13-19-9-8-15-16(19)6-5-7-17(15)20-4-2/h5-9,14H,3-4,10-13H2,1-2H3. The van der Waals surface area contributed by atoms with E-state index in [1.54, 1.807) is 0 Å². The van der Waals surface area contributed by atoms with E-state index in [1.807, 2.05) is 13.0 Å². The lowest BCUT2D eigenvalue weighted by Crippen LogP contribution is -2.43. The predicted molar refractivity (Wildman–Crippen MR) is 85.0 cm³/mol. The number of hydrogen-bond acceptors (Lipinski definition) is 3. The summed E-state index contributed by atoms with van der Waals surface area (Å²) in [6.07, 6.45) is 2.41. The molecule has 114 valence electrons. The molecular weight excluding hydrogens is 264 g/mol. The van der Waals surface area contributed by atoms with Gasteiger partial charge in [-0.1, -0.05) is 13.0 Å². The average Bonchev–Trinajstić information content (AvgIpc) is 2.92. The van der Waals surface area contributed by atoms with Crippen LogP contribution >= 0.6 is 0 Å². The lowest BCUT2D eigenvalue weighted by Gasteiger charge is -2.32. The molecule has 1 aliphatic rings. The van der Waals surface area contributed by atoms with Gasteiger partial charge in [0, 0.05) is 24.7 Å². The third kappa shape index (κ3) is 3.06. The first-order chi connectivity index (χ1) is 10.3. The summed E-state index contributed by atoms with van der Waals surface area (Å²) in [6, 6.07) is 8.38. The summed E-state index contributed by atoms with van der Waals surface area (Å²) < 4.78 is 13.9. The molecule has 0 saturated carbocycles. The van der Waals surface area contributed by atoms with E-state index in [0.29, 0.717) is 6.61 Å². The first kappa shape index (κ1) is 14.4. The average molecular weight is 288 g/mol. The molecule has 0 spiro atoms. The van der Waals surface area contributed by atoms with Crippen LogP contribution in [0.25, 0.3) is 10.9 Å². The molecule has 1 fully saturated rings. The Morgan fingerprint density at radius 1 is 1.29 bits per heavy atom. The lowest BCUT2D eigenvalue weighted by atomic mass is 10.2. The molecule has 0 amide bonds. The van der Waals surface area contributed by atoms with Crippen molar-refractivity contribution in [3.05, 3.63) is 30.5 Å². The second kappa shape index (κ2) is 6.50. The quantitative estimate of drug-likeness (QED) is 0.846. The summed E-state index contributed by atoms with van der Waals surface area (Å²) in [5.41, 5.74) is 1.22. The number of aromatic nitrogens is 1. The van der Waals surface area contributed by atoms with Gasteiger partial charge >= 0.3 is 0 Å². The second-order valence-corrected chi connectivity index (χ2v) is 5.48. The minimum Gasteiger partial charge on any atom is -0.493 e. The van der Waals surface area contributed by atoms with Gasteiger partial charge in [0.05, 0.1) is 31.4 Å². The van der Waals surface area contributed by atoms with Crippen LogP contribution in [0.4, 0.5) is 0 Å². The van der Waals surface area contributed by atoms with Crippen molar-refractivity contribution in [2.24, 2.45) is 0 Å². The third-order valence-electron chi connectivity index (χ3n) is 4.14. The Morgan fingerprint density at radius 2 is 2.19 bits per heavy atom. The van der Waals surface area contributed by atoms with E-state index in [2.05, 4.69) is 40.8 Å². The Morgan fingerprint density at radius 3 is 3.00 bits per heavy atom. The van der Waals surface area contributed by atoms with Gasteiger partial charge in [0.25, 0.3) is 0 Å². The summed E-state index contributed by atoms with van der Waals surface area (Å²) >= 11 is 0. The van der Waals surface area contributed by atoms with Crippen molar-refractivity contribution >= 4 is 10.9 Å². The molecule has 2 heterocycles. The monoisotopic (exact) mass is 288 g/mol. The minimum absolute atomic E-state index is 0.269. The van der Waals surface area contributed by atoms with Crippen LogP contribution in [0.5, 0.6) is 5.75 Å². The van der Waals surface area contributed by atoms with Gasteiger partial charge in [-0.3, -0.25) is 4.90 Å². The molecule has 2 aromatic rings. The molecular formula is C17H24N2O2. The van der Waals surface area contributed by atoms with Gasteiger partial charge in [0.2, 0.25) is 0 Å². The van der Waals surface area contributed by atoms with Crippen LogP contribution in [0.3, 0.4) is 0 Å². The van der Waals surface area contributed by atoms with E-state index in [9.17, 15) is 0 Å². The van der Waals surface area contributed by atoms with Gasteiger partial charge in [0.15, 0.2) is 0 Å². The van der Waals surface area contributed by atoms with Gasteiger partial charge in [0.1, 0.15) is 5.75 Å². The number of fused-ring (bicyclic) bond motifs is 1. The minimum atomic E-state index is 0.269. The van der Waals surface area contributed by atoms with Crippen molar-refractivity contribution in [3.8, 4) is 5.75 Å². The fourth-order valence-electron chi connectivity index (χ4n) is 3.03. The van der Waals surface area contributed by atoms with Crippen LogP contribution in [-0.4, -0.2) is 48.4 Å². The van der Waals surface area contributed by atoms with E-state index in [-0.39, 0.29) is 6.10 Å². The topological polar surface area (TPSA) is 26.6 Å². The van der Waals surface area contributed by atoms with Crippen LogP contribution in [0.2, 0.25) is 0 Å². The molecule has 4 nitrogen and oxygen atoms in total. The molecule has 4 heteroatoms. The maximum atomic E-state index is 5.92. The van der Waals surface area contributed by atoms with Crippen LogP contribution in [0.1, 0.15) is 13.8 Å². The van der Waals surface area contributed by atoms with Crippen molar-refractivity contribution in [2.45, 2.75) is 26.5 Å². The zero-order valence-electron chi connectivity index (χ0n) is 12.9. The van der Waals surface area contributed by atoms with Gasteiger partial charge in [-0.15, -0.1) is 0 Å². The van der Waals surface area contributed by atoms with E-state index < -0.39 is 0 Å². The van der Waals surface area contributed by atoms with Crippen LogP contribution in [-0.2, 0) is 11.3 Å². The lowest BCUT2D eigenvalue weighted by molar-refractivity contribution is -0.0337. The van der Waals surface area contributed by atoms with Gasteiger partial charge in [-0.25, -0.2) is 0 Å². The number of ether oxygens (including phenoxy) is 2. The van der Waals surface area contributed by atoms with E-state index >= 15 is 0 Å². The largest absolute Gasteiger partial charge is 0.493 e. The predicted octanol–water partition coefficient (Wildman–Crippen LogP) is 2.76. The highest BCUT2D eigenvalue weighted by Gasteiger charge is 2.20. The SMILES string of the molecule is CCOc1cccc2c1ccn2CC1CN(CC)CCO1. The summed E-state index contributed by atoms with van der Waals surface area (Å²) in [5.74, 6) is 0.966.